The van der Waals surface area contributed by atoms with E-state index in [1.165, 1.54) is 0 Å². The SMILES string of the molecule is O=C(Nc1ccccc1Br)c1cc(Br)cc(Br)c1O. The molecule has 0 saturated carbocycles. The van der Waals surface area contributed by atoms with Gasteiger partial charge in [-0.2, -0.15) is 0 Å². The van der Waals surface area contributed by atoms with Gasteiger partial charge in [0.05, 0.1) is 15.7 Å². The van der Waals surface area contributed by atoms with Gasteiger partial charge in [-0.15, -0.1) is 0 Å². The van der Waals surface area contributed by atoms with E-state index in [1.54, 1.807) is 18.2 Å². The molecule has 0 heterocycles. The number of nitrogens with one attached hydrogen (secondary N) is 1. The number of hydrogen-bond donors (Lipinski definition) is 2. The Balaban J connectivity index is 2.33. The number of aromatic hydroxyl groups is 1. The van der Waals surface area contributed by atoms with Crippen LogP contribution in [0.15, 0.2) is 49.8 Å². The number of carbonyl (C=O) groups is 1. The minimum absolute atomic E-state index is 0.0900. The molecular weight excluding hydrogens is 442 g/mol. The second kappa shape index (κ2) is 6.07. The molecule has 0 aliphatic carbocycles. The van der Waals surface area contributed by atoms with E-state index in [-0.39, 0.29) is 17.2 Å². The summed E-state index contributed by atoms with van der Waals surface area (Å²) in [6.07, 6.45) is 0. The van der Waals surface area contributed by atoms with Crippen molar-refractivity contribution in [2.45, 2.75) is 0 Å². The molecule has 98 valence electrons. The van der Waals surface area contributed by atoms with Crippen LogP contribution >= 0.6 is 47.8 Å². The molecule has 19 heavy (non-hydrogen) atoms. The number of phenolic OH excluding ortho intramolecular Hbond substituents is 1. The Bertz CT molecular complexity index is 644. The third-order valence-electron chi connectivity index (χ3n) is 2.39. The van der Waals surface area contributed by atoms with Crippen LogP contribution in [0.4, 0.5) is 5.69 Å². The van der Waals surface area contributed by atoms with Crippen molar-refractivity contribution in [2.24, 2.45) is 0 Å². The summed E-state index contributed by atoms with van der Waals surface area (Å²) in [6.45, 7) is 0. The van der Waals surface area contributed by atoms with Gasteiger partial charge in [0.1, 0.15) is 5.75 Å². The predicted octanol–water partition coefficient (Wildman–Crippen LogP) is 4.93. The molecular formula is C13H8Br3NO2. The fourth-order valence-corrected chi connectivity index (χ4v) is 3.10. The van der Waals surface area contributed by atoms with Crippen molar-refractivity contribution in [1.82, 2.24) is 0 Å². The molecule has 0 bridgehead atoms. The summed E-state index contributed by atoms with van der Waals surface area (Å²) in [6, 6.07) is 10.5. The van der Waals surface area contributed by atoms with Crippen LogP contribution in [0.5, 0.6) is 5.75 Å². The van der Waals surface area contributed by atoms with Crippen molar-refractivity contribution in [3.05, 3.63) is 55.4 Å². The number of para-hydroxylation sites is 1. The molecule has 0 aliphatic heterocycles. The number of anilines is 1. The molecule has 3 nitrogen and oxygen atoms in total. The van der Waals surface area contributed by atoms with Gasteiger partial charge in [0.15, 0.2) is 0 Å². The Morgan fingerprint density at radius 1 is 1.05 bits per heavy atom. The standard InChI is InChI=1S/C13H8Br3NO2/c14-7-5-8(12(18)10(16)6-7)13(19)17-11-4-2-1-3-9(11)15/h1-6,18H,(H,17,19). The third kappa shape index (κ3) is 3.38. The van der Waals surface area contributed by atoms with E-state index in [2.05, 4.69) is 53.1 Å². The first-order valence-corrected chi connectivity index (χ1v) is 7.61. The smallest absolute Gasteiger partial charge is 0.259 e. The Morgan fingerprint density at radius 3 is 2.42 bits per heavy atom. The lowest BCUT2D eigenvalue weighted by atomic mass is 10.2. The summed E-state index contributed by atoms with van der Waals surface area (Å²) in [5.74, 6) is -0.473. The van der Waals surface area contributed by atoms with Gasteiger partial charge in [-0.25, -0.2) is 0 Å². The first-order chi connectivity index (χ1) is 8.99. The van der Waals surface area contributed by atoms with Crippen LogP contribution < -0.4 is 5.32 Å². The van der Waals surface area contributed by atoms with Gasteiger partial charge < -0.3 is 10.4 Å². The van der Waals surface area contributed by atoms with Crippen LogP contribution in [0.2, 0.25) is 0 Å². The van der Waals surface area contributed by atoms with E-state index in [1.807, 2.05) is 18.2 Å². The molecule has 2 aromatic rings. The zero-order chi connectivity index (χ0) is 14.0. The zero-order valence-electron chi connectivity index (χ0n) is 9.45. The Labute approximate surface area is 135 Å². The maximum Gasteiger partial charge on any atom is 0.259 e. The van der Waals surface area contributed by atoms with E-state index in [9.17, 15) is 9.90 Å². The van der Waals surface area contributed by atoms with E-state index in [0.717, 1.165) is 4.47 Å². The van der Waals surface area contributed by atoms with Crippen molar-refractivity contribution >= 4 is 59.4 Å². The normalized spacial score (nSPS) is 10.3. The van der Waals surface area contributed by atoms with Crippen molar-refractivity contribution in [1.29, 1.82) is 0 Å². The molecule has 0 unspecified atom stereocenters. The van der Waals surface area contributed by atoms with Gasteiger partial charge in [-0.1, -0.05) is 28.1 Å². The molecule has 0 radical (unpaired) electrons. The predicted molar refractivity (Wildman–Crippen MR) is 85.6 cm³/mol. The molecule has 0 aromatic heterocycles. The fraction of sp³-hybridized carbons (Fsp3) is 0. The highest BCUT2D eigenvalue weighted by atomic mass is 79.9. The number of benzene rings is 2. The van der Waals surface area contributed by atoms with Gasteiger partial charge in [0, 0.05) is 8.95 Å². The van der Waals surface area contributed by atoms with Crippen molar-refractivity contribution in [3.63, 3.8) is 0 Å². The minimum Gasteiger partial charge on any atom is -0.506 e. The van der Waals surface area contributed by atoms with Crippen molar-refractivity contribution in [3.8, 4) is 5.75 Å². The summed E-state index contributed by atoms with van der Waals surface area (Å²) in [5, 5.41) is 12.6. The van der Waals surface area contributed by atoms with Gasteiger partial charge in [-0.05, 0) is 56.1 Å². The Hall–Kier alpha value is -0.850. The van der Waals surface area contributed by atoms with Crippen LogP contribution in [-0.2, 0) is 0 Å². The van der Waals surface area contributed by atoms with Crippen LogP contribution in [0.25, 0.3) is 0 Å². The molecule has 2 aromatic carbocycles. The average molecular weight is 450 g/mol. The molecule has 0 saturated heterocycles. The van der Waals surface area contributed by atoms with Gasteiger partial charge in [-0.3, -0.25) is 4.79 Å². The van der Waals surface area contributed by atoms with E-state index >= 15 is 0 Å². The first kappa shape index (κ1) is 14.6. The third-order valence-corrected chi connectivity index (χ3v) is 4.15. The summed E-state index contributed by atoms with van der Waals surface area (Å²) >= 11 is 9.83. The fourth-order valence-electron chi connectivity index (χ4n) is 1.49. The maximum atomic E-state index is 12.2. The largest absolute Gasteiger partial charge is 0.506 e. The second-order valence-electron chi connectivity index (χ2n) is 3.72. The van der Waals surface area contributed by atoms with Crippen LogP contribution in [0, 0.1) is 0 Å². The number of carbonyl (C=O) groups excluding carboxylic acids is 1. The lowest BCUT2D eigenvalue weighted by molar-refractivity contribution is 0.102. The molecule has 1 amide bonds. The minimum atomic E-state index is -0.383. The van der Waals surface area contributed by atoms with Gasteiger partial charge >= 0.3 is 0 Å². The summed E-state index contributed by atoms with van der Waals surface area (Å²) in [5.41, 5.74) is 0.833. The van der Waals surface area contributed by atoms with Crippen molar-refractivity contribution in [2.75, 3.05) is 5.32 Å². The summed E-state index contributed by atoms with van der Waals surface area (Å²) in [7, 11) is 0. The summed E-state index contributed by atoms with van der Waals surface area (Å²) < 4.78 is 1.94. The number of amides is 1. The maximum absolute atomic E-state index is 12.2. The van der Waals surface area contributed by atoms with Gasteiger partial charge in [0.2, 0.25) is 0 Å². The molecule has 0 fully saturated rings. The van der Waals surface area contributed by atoms with Crippen LogP contribution in [0.1, 0.15) is 10.4 Å². The molecule has 2 N–H and O–H groups in total. The monoisotopic (exact) mass is 447 g/mol. The zero-order valence-corrected chi connectivity index (χ0v) is 14.2. The van der Waals surface area contributed by atoms with E-state index in [0.29, 0.717) is 14.6 Å². The number of halogens is 3. The molecule has 0 spiro atoms. The number of phenols is 1. The number of hydrogen-bond acceptors (Lipinski definition) is 2. The topological polar surface area (TPSA) is 49.3 Å². The molecule has 6 heteroatoms. The number of rotatable bonds is 2. The Morgan fingerprint density at radius 2 is 1.74 bits per heavy atom. The first-order valence-electron chi connectivity index (χ1n) is 5.23. The van der Waals surface area contributed by atoms with Crippen LogP contribution in [0.3, 0.4) is 0 Å². The second-order valence-corrected chi connectivity index (χ2v) is 6.34. The van der Waals surface area contributed by atoms with Crippen LogP contribution in [-0.4, -0.2) is 11.0 Å². The quantitative estimate of drug-likeness (QED) is 0.682. The highest BCUT2D eigenvalue weighted by Gasteiger charge is 2.15. The highest BCUT2D eigenvalue weighted by Crippen LogP contribution is 2.32. The van der Waals surface area contributed by atoms with Gasteiger partial charge in [0.25, 0.3) is 5.91 Å². The molecule has 0 aliphatic rings. The summed E-state index contributed by atoms with van der Waals surface area (Å²) in [4.78, 5) is 12.2. The lowest BCUT2D eigenvalue weighted by Crippen LogP contribution is -2.12. The average Bonchev–Trinajstić information content (AvgIpc) is 2.36. The molecule has 2 rings (SSSR count). The lowest BCUT2D eigenvalue weighted by Gasteiger charge is -2.10. The van der Waals surface area contributed by atoms with E-state index in [4.69, 9.17) is 0 Å². The van der Waals surface area contributed by atoms with Crippen molar-refractivity contribution < 1.29 is 9.90 Å². The van der Waals surface area contributed by atoms with E-state index < -0.39 is 0 Å². The molecule has 0 atom stereocenters. The highest BCUT2D eigenvalue weighted by molar-refractivity contribution is 9.11. The Kier molecular flexibility index (Phi) is 4.65.